The summed E-state index contributed by atoms with van der Waals surface area (Å²) in [6, 6.07) is 2.95. The van der Waals surface area contributed by atoms with Crippen molar-refractivity contribution in [1.29, 1.82) is 0 Å². The number of carbonyl (C=O) groups excluding carboxylic acids is 3. The second-order valence-electron chi connectivity index (χ2n) is 7.23. The summed E-state index contributed by atoms with van der Waals surface area (Å²) in [5.74, 6) is -0.583. The molecule has 1 aliphatic heterocycles. The Kier molecular flexibility index (Phi) is 6.07. The van der Waals surface area contributed by atoms with Gasteiger partial charge in [0.2, 0.25) is 18.2 Å². The molecule has 1 aromatic carbocycles. The predicted octanol–water partition coefficient (Wildman–Crippen LogP) is 0.637. The van der Waals surface area contributed by atoms with Crippen molar-refractivity contribution >= 4 is 33.9 Å². The van der Waals surface area contributed by atoms with Crippen LogP contribution in [0.2, 0.25) is 0 Å². The molecule has 0 spiro atoms. The summed E-state index contributed by atoms with van der Waals surface area (Å²) in [6.07, 6.45) is 0.796. The summed E-state index contributed by atoms with van der Waals surface area (Å²) in [7, 11) is 15.7. The highest BCUT2D eigenvalue weighted by atomic mass is 16.2. The van der Waals surface area contributed by atoms with Gasteiger partial charge in [-0.15, -0.1) is 0 Å². The number of carbonyl (C=O) groups is 3. The fraction of sp³-hybridized carbons (Fsp3) is 0.526. The summed E-state index contributed by atoms with van der Waals surface area (Å²) in [6.45, 7) is 5.87. The Morgan fingerprint density at radius 2 is 1.93 bits per heavy atom. The number of amides is 3. The van der Waals surface area contributed by atoms with Crippen LogP contribution in [0.25, 0.3) is 0 Å². The van der Waals surface area contributed by atoms with Crippen molar-refractivity contribution < 1.29 is 14.4 Å². The first-order valence-corrected chi connectivity index (χ1v) is 8.96. The van der Waals surface area contributed by atoms with Crippen LogP contribution >= 0.6 is 0 Å². The van der Waals surface area contributed by atoms with Crippen molar-refractivity contribution in [3.8, 4) is 0 Å². The van der Waals surface area contributed by atoms with Gasteiger partial charge in [0.1, 0.15) is 6.04 Å². The second-order valence-corrected chi connectivity index (χ2v) is 7.23. The number of hydrogen-bond donors (Lipinski definition) is 1. The molecule has 1 aliphatic rings. The van der Waals surface area contributed by atoms with Gasteiger partial charge < -0.3 is 15.1 Å². The van der Waals surface area contributed by atoms with Crippen LogP contribution in [0.15, 0.2) is 12.1 Å². The fourth-order valence-corrected chi connectivity index (χ4v) is 3.68. The smallest absolute Gasteiger partial charge is 0.242 e. The van der Waals surface area contributed by atoms with Crippen molar-refractivity contribution in [1.82, 2.24) is 15.1 Å². The molecule has 1 N–H and O–H groups in total. The lowest BCUT2D eigenvalue weighted by Crippen LogP contribution is -2.48. The van der Waals surface area contributed by atoms with Gasteiger partial charge in [0, 0.05) is 20.5 Å². The van der Waals surface area contributed by atoms with Gasteiger partial charge in [0.05, 0.1) is 21.7 Å². The third-order valence-electron chi connectivity index (χ3n) is 5.44. The largest absolute Gasteiger partial charge is 0.357 e. The van der Waals surface area contributed by atoms with Gasteiger partial charge in [-0.2, -0.15) is 0 Å². The quantitative estimate of drug-likeness (QED) is 0.594. The third kappa shape index (κ3) is 3.75. The van der Waals surface area contributed by atoms with Gasteiger partial charge in [-0.1, -0.05) is 12.1 Å². The molecule has 0 aliphatic carbocycles. The van der Waals surface area contributed by atoms with Crippen LogP contribution in [0.5, 0.6) is 0 Å². The van der Waals surface area contributed by atoms with Gasteiger partial charge in [-0.25, -0.2) is 0 Å². The molecule has 0 saturated heterocycles. The van der Waals surface area contributed by atoms with Crippen LogP contribution in [0.4, 0.5) is 0 Å². The van der Waals surface area contributed by atoms with Crippen molar-refractivity contribution in [2.45, 2.75) is 51.0 Å². The van der Waals surface area contributed by atoms with Gasteiger partial charge in [-0.05, 0) is 54.8 Å². The van der Waals surface area contributed by atoms with Crippen molar-refractivity contribution in [3.63, 3.8) is 0 Å². The van der Waals surface area contributed by atoms with Crippen LogP contribution in [0.3, 0.4) is 0 Å². The minimum Gasteiger partial charge on any atom is -0.357 e. The Morgan fingerprint density at radius 3 is 2.48 bits per heavy atom. The average molecular weight is 365 g/mol. The first-order chi connectivity index (χ1) is 12.6. The minimum absolute atomic E-state index is 0.0444. The highest BCUT2D eigenvalue weighted by molar-refractivity contribution is 6.41. The van der Waals surface area contributed by atoms with E-state index in [9.17, 15) is 14.4 Å². The number of aryl methyl sites for hydroxylation is 2. The zero-order valence-electron chi connectivity index (χ0n) is 16.6. The van der Waals surface area contributed by atoms with E-state index >= 15 is 0 Å². The summed E-state index contributed by atoms with van der Waals surface area (Å²) < 4.78 is 0. The molecule has 4 radical (unpaired) electrons. The topological polar surface area (TPSA) is 69.7 Å². The maximum atomic E-state index is 13.0. The van der Waals surface area contributed by atoms with Crippen LogP contribution in [-0.2, 0) is 19.7 Å². The molecule has 1 aromatic rings. The maximum absolute atomic E-state index is 13.0. The molecular formula is C19H25B2N3O3. The van der Waals surface area contributed by atoms with Gasteiger partial charge in [0.15, 0.2) is 0 Å². The Bertz CT molecular complexity index is 767. The molecule has 2 unspecified atom stereocenters. The van der Waals surface area contributed by atoms with Crippen LogP contribution in [-0.4, -0.2) is 63.9 Å². The number of hydrogen-bond acceptors (Lipinski definition) is 3. The molecule has 27 heavy (non-hydrogen) atoms. The molecule has 140 valence electrons. The SMILES string of the molecule is [B]C1([B])c2cc(C)c(C)cc2C(C)N1C(=O)CCC(C(=O)NC)N(C)C=O. The predicted molar refractivity (Wildman–Crippen MR) is 105 cm³/mol. The monoisotopic (exact) mass is 365 g/mol. The lowest BCUT2D eigenvalue weighted by molar-refractivity contribution is -0.136. The van der Waals surface area contributed by atoms with E-state index in [0.29, 0.717) is 6.41 Å². The molecule has 0 fully saturated rings. The van der Waals surface area contributed by atoms with E-state index in [1.165, 1.54) is 23.9 Å². The summed E-state index contributed by atoms with van der Waals surface area (Å²) in [5.41, 5.74) is 3.84. The first kappa shape index (κ1) is 21.1. The lowest BCUT2D eigenvalue weighted by Gasteiger charge is -2.37. The number of benzene rings is 1. The molecule has 2 atom stereocenters. The summed E-state index contributed by atoms with van der Waals surface area (Å²) in [5, 5.41) is 1.10. The van der Waals surface area contributed by atoms with E-state index < -0.39 is 11.4 Å². The molecule has 0 saturated carbocycles. The van der Waals surface area contributed by atoms with E-state index in [2.05, 4.69) is 5.32 Å². The van der Waals surface area contributed by atoms with E-state index in [1.54, 1.807) is 0 Å². The molecule has 6 nitrogen and oxygen atoms in total. The van der Waals surface area contributed by atoms with Crippen LogP contribution in [0.1, 0.15) is 48.1 Å². The van der Waals surface area contributed by atoms with E-state index in [1.807, 2.05) is 32.9 Å². The average Bonchev–Trinajstić information content (AvgIpc) is 2.80. The summed E-state index contributed by atoms with van der Waals surface area (Å²) >= 11 is 0. The van der Waals surface area contributed by atoms with E-state index in [4.69, 9.17) is 15.7 Å². The molecule has 8 heteroatoms. The van der Waals surface area contributed by atoms with Gasteiger partial charge in [0.25, 0.3) is 0 Å². The third-order valence-corrected chi connectivity index (χ3v) is 5.44. The number of likely N-dealkylation sites (N-methyl/N-ethyl adjacent to an activating group) is 2. The van der Waals surface area contributed by atoms with Crippen LogP contribution < -0.4 is 5.32 Å². The number of nitrogens with one attached hydrogen (secondary N) is 1. The van der Waals surface area contributed by atoms with Crippen molar-refractivity contribution in [2.24, 2.45) is 0 Å². The fourth-order valence-electron chi connectivity index (χ4n) is 3.68. The zero-order valence-corrected chi connectivity index (χ0v) is 16.6. The molecule has 0 aromatic heterocycles. The maximum Gasteiger partial charge on any atom is 0.242 e. The highest BCUT2D eigenvalue weighted by Gasteiger charge is 2.43. The van der Waals surface area contributed by atoms with E-state index in [0.717, 1.165) is 22.3 Å². The Hall–Kier alpha value is -2.24. The second kappa shape index (κ2) is 7.79. The van der Waals surface area contributed by atoms with Crippen molar-refractivity contribution in [3.05, 3.63) is 34.4 Å². The first-order valence-electron chi connectivity index (χ1n) is 8.96. The Balaban J connectivity index is 2.24. The highest BCUT2D eigenvalue weighted by Crippen LogP contribution is 2.44. The molecule has 2 rings (SSSR count). The summed E-state index contributed by atoms with van der Waals surface area (Å²) in [4.78, 5) is 38.7. The van der Waals surface area contributed by atoms with Crippen LogP contribution in [0, 0.1) is 13.8 Å². The van der Waals surface area contributed by atoms with Gasteiger partial charge in [-0.3, -0.25) is 14.4 Å². The Labute approximate surface area is 163 Å². The number of nitrogens with zero attached hydrogens (tertiary/aromatic N) is 2. The normalized spacial score (nSPS) is 18.6. The van der Waals surface area contributed by atoms with Crippen molar-refractivity contribution in [2.75, 3.05) is 14.1 Å². The standard InChI is InChI=1S/C19H25B2N3O3/c1-11-8-14-13(3)24(19(20,21)15(14)9-12(11)2)17(26)7-6-16(18(27)22-4)23(5)10-25/h8-10,13,16H,6-7H2,1-5H3,(H,22,27). The molecule has 1 heterocycles. The number of rotatable bonds is 6. The lowest BCUT2D eigenvalue weighted by atomic mass is 9.58. The van der Waals surface area contributed by atoms with E-state index in [-0.39, 0.29) is 30.7 Å². The molecule has 0 bridgehead atoms. The molecular weight excluding hydrogens is 340 g/mol. The number of fused-ring (bicyclic) bond motifs is 1. The Morgan fingerprint density at radius 1 is 1.33 bits per heavy atom. The minimum atomic E-state index is -1.41. The van der Waals surface area contributed by atoms with Gasteiger partial charge >= 0.3 is 0 Å². The molecule has 3 amide bonds. The zero-order chi connectivity index (χ0) is 20.5.